The maximum Gasteiger partial charge on any atom is 0.251 e. The Morgan fingerprint density at radius 1 is 1.06 bits per heavy atom. The number of aryl methyl sites for hydroxylation is 1. The fraction of sp³-hybridized carbons (Fsp3) is 0.192. The highest BCUT2D eigenvalue weighted by atomic mass is 79.9. The number of methoxy groups -OCH3 is 1. The van der Waals surface area contributed by atoms with Crippen LogP contribution in [0.15, 0.2) is 77.3 Å². The third-order valence-electron chi connectivity index (χ3n) is 5.28. The van der Waals surface area contributed by atoms with Crippen LogP contribution < -0.4 is 10.1 Å². The van der Waals surface area contributed by atoms with E-state index in [1.165, 1.54) is 5.56 Å². The third-order valence-corrected chi connectivity index (χ3v) is 5.81. The van der Waals surface area contributed by atoms with Crippen molar-refractivity contribution in [3.05, 3.63) is 94.2 Å². The largest absolute Gasteiger partial charge is 0.497 e. The van der Waals surface area contributed by atoms with E-state index >= 15 is 0 Å². The summed E-state index contributed by atoms with van der Waals surface area (Å²) in [7, 11) is 1.64. The molecule has 0 unspecified atom stereocenters. The van der Waals surface area contributed by atoms with E-state index in [1.54, 1.807) is 11.8 Å². The average molecular weight is 505 g/mol. The minimum absolute atomic E-state index is 0.115. The number of ether oxygens (including phenoxy) is 1. The Hall–Kier alpha value is -3.45. The number of nitrogens with zero attached hydrogens (tertiary/aromatic N) is 3. The number of amides is 1. The van der Waals surface area contributed by atoms with Crippen LogP contribution in [0.1, 0.15) is 28.7 Å². The zero-order valence-electron chi connectivity index (χ0n) is 18.6. The van der Waals surface area contributed by atoms with Gasteiger partial charge in [-0.3, -0.25) is 4.79 Å². The van der Waals surface area contributed by atoms with Gasteiger partial charge in [0.1, 0.15) is 5.75 Å². The predicted octanol–water partition coefficient (Wildman–Crippen LogP) is 5.24. The van der Waals surface area contributed by atoms with Crippen LogP contribution in [0.25, 0.3) is 17.1 Å². The standard InChI is InChI=1S/C26H25BrN4O2/c1-3-24-29-25(19-9-13-23(33-2)14-10-19)31(30-24)22-6-4-5-20(17-22)26(32)28-16-15-18-7-11-21(27)12-8-18/h4-14,17H,3,15-16H2,1-2H3,(H,28,32). The normalized spacial score (nSPS) is 10.8. The number of halogens is 1. The Kier molecular flexibility index (Phi) is 7.19. The molecule has 3 aromatic carbocycles. The highest BCUT2D eigenvalue weighted by Gasteiger charge is 2.15. The second-order valence-electron chi connectivity index (χ2n) is 7.53. The molecule has 4 rings (SSSR count). The van der Waals surface area contributed by atoms with Gasteiger partial charge < -0.3 is 10.1 Å². The molecule has 0 bridgehead atoms. The first-order valence-corrected chi connectivity index (χ1v) is 11.6. The molecule has 0 radical (unpaired) electrons. The Bertz CT molecular complexity index is 1230. The first-order valence-electron chi connectivity index (χ1n) is 10.8. The molecule has 4 aromatic rings. The SMILES string of the molecule is CCc1nc(-c2ccc(OC)cc2)n(-c2cccc(C(=O)NCCc3ccc(Br)cc3)c2)n1. The fourth-order valence-corrected chi connectivity index (χ4v) is 3.73. The summed E-state index contributed by atoms with van der Waals surface area (Å²) in [6.07, 6.45) is 1.48. The number of nitrogens with one attached hydrogen (secondary N) is 1. The average Bonchev–Trinajstić information content (AvgIpc) is 3.30. The first kappa shape index (κ1) is 22.7. The summed E-state index contributed by atoms with van der Waals surface area (Å²) in [5, 5.41) is 7.67. The number of carbonyl (C=O) groups excluding carboxylic acids is 1. The maximum absolute atomic E-state index is 12.8. The molecule has 7 heteroatoms. The van der Waals surface area contributed by atoms with E-state index in [0.29, 0.717) is 18.5 Å². The molecule has 1 N–H and O–H groups in total. The molecular formula is C26H25BrN4O2. The quantitative estimate of drug-likeness (QED) is 0.356. The summed E-state index contributed by atoms with van der Waals surface area (Å²) >= 11 is 3.44. The van der Waals surface area contributed by atoms with Crippen LogP contribution in [0.3, 0.4) is 0 Å². The van der Waals surface area contributed by atoms with Gasteiger partial charge in [-0.2, -0.15) is 5.10 Å². The molecule has 0 aliphatic carbocycles. The number of carbonyl (C=O) groups is 1. The van der Waals surface area contributed by atoms with E-state index in [2.05, 4.69) is 26.3 Å². The highest BCUT2D eigenvalue weighted by molar-refractivity contribution is 9.10. The van der Waals surface area contributed by atoms with Crippen molar-refractivity contribution in [2.24, 2.45) is 0 Å². The number of aromatic nitrogens is 3. The van der Waals surface area contributed by atoms with Gasteiger partial charge in [0.2, 0.25) is 0 Å². The van der Waals surface area contributed by atoms with Gasteiger partial charge in [0.25, 0.3) is 5.91 Å². The molecule has 1 aromatic heterocycles. The van der Waals surface area contributed by atoms with Gasteiger partial charge in [0.05, 0.1) is 12.8 Å². The van der Waals surface area contributed by atoms with Crippen LogP contribution in [-0.2, 0) is 12.8 Å². The molecule has 0 saturated carbocycles. The molecule has 0 aliphatic rings. The number of benzene rings is 3. The predicted molar refractivity (Wildman–Crippen MR) is 133 cm³/mol. The minimum Gasteiger partial charge on any atom is -0.497 e. The summed E-state index contributed by atoms with van der Waals surface area (Å²) in [6.45, 7) is 2.58. The topological polar surface area (TPSA) is 69.0 Å². The lowest BCUT2D eigenvalue weighted by Gasteiger charge is -2.10. The van der Waals surface area contributed by atoms with E-state index in [-0.39, 0.29) is 5.91 Å². The molecule has 1 amide bonds. The van der Waals surface area contributed by atoms with Crippen molar-refractivity contribution in [2.75, 3.05) is 13.7 Å². The Morgan fingerprint density at radius 3 is 2.52 bits per heavy atom. The molecule has 0 aliphatic heterocycles. The second kappa shape index (κ2) is 10.4. The van der Waals surface area contributed by atoms with E-state index < -0.39 is 0 Å². The maximum atomic E-state index is 12.8. The smallest absolute Gasteiger partial charge is 0.251 e. The van der Waals surface area contributed by atoms with Crippen LogP contribution in [0.2, 0.25) is 0 Å². The summed E-state index contributed by atoms with van der Waals surface area (Å²) in [5.41, 5.74) is 3.46. The van der Waals surface area contributed by atoms with Crippen LogP contribution in [0.4, 0.5) is 0 Å². The van der Waals surface area contributed by atoms with E-state index in [4.69, 9.17) is 9.72 Å². The van der Waals surface area contributed by atoms with Crippen LogP contribution >= 0.6 is 15.9 Å². The summed E-state index contributed by atoms with van der Waals surface area (Å²) in [6, 6.07) is 23.3. The van der Waals surface area contributed by atoms with Gasteiger partial charge in [0, 0.05) is 28.6 Å². The molecule has 0 spiro atoms. The first-order chi connectivity index (χ1) is 16.1. The monoisotopic (exact) mass is 504 g/mol. The third kappa shape index (κ3) is 5.49. The van der Waals surface area contributed by atoms with Crippen LogP contribution in [-0.4, -0.2) is 34.3 Å². The molecular weight excluding hydrogens is 480 g/mol. The van der Waals surface area contributed by atoms with Crippen molar-refractivity contribution >= 4 is 21.8 Å². The lowest BCUT2D eigenvalue weighted by molar-refractivity contribution is 0.0954. The van der Waals surface area contributed by atoms with Gasteiger partial charge in [-0.15, -0.1) is 0 Å². The van der Waals surface area contributed by atoms with Crippen LogP contribution in [0.5, 0.6) is 5.75 Å². The Balaban J connectivity index is 1.53. The highest BCUT2D eigenvalue weighted by Crippen LogP contribution is 2.24. The van der Waals surface area contributed by atoms with Crippen molar-refractivity contribution in [1.29, 1.82) is 0 Å². The van der Waals surface area contributed by atoms with Gasteiger partial charge in [-0.1, -0.05) is 41.1 Å². The van der Waals surface area contributed by atoms with E-state index in [1.807, 2.05) is 79.7 Å². The number of rotatable bonds is 8. The van der Waals surface area contributed by atoms with Gasteiger partial charge in [-0.25, -0.2) is 9.67 Å². The summed E-state index contributed by atoms with van der Waals surface area (Å²) < 4.78 is 8.10. The minimum atomic E-state index is -0.115. The Labute approximate surface area is 201 Å². The zero-order valence-corrected chi connectivity index (χ0v) is 20.2. The van der Waals surface area contributed by atoms with Crippen molar-refractivity contribution in [3.8, 4) is 22.8 Å². The van der Waals surface area contributed by atoms with Crippen molar-refractivity contribution in [1.82, 2.24) is 20.1 Å². The van der Waals surface area contributed by atoms with Crippen LogP contribution in [0, 0.1) is 0 Å². The van der Waals surface area contributed by atoms with Crippen molar-refractivity contribution in [2.45, 2.75) is 19.8 Å². The molecule has 168 valence electrons. The molecule has 0 saturated heterocycles. The van der Waals surface area contributed by atoms with Gasteiger partial charge >= 0.3 is 0 Å². The van der Waals surface area contributed by atoms with E-state index in [9.17, 15) is 4.79 Å². The summed E-state index contributed by atoms with van der Waals surface area (Å²) in [5.74, 6) is 2.13. The molecule has 33 heavy (non-hydrogen) atoms. The molecule has 0 atom stereocenters. The van der Waals surface area contributed by atoms with Gasteiger partial charge in [0.15, 0.2) is 11.6 Å². The molecule has 1 heterocycles. The van der Waals surface area contributed by atoms with Gasteiger partial charge in [-0.05, 0) is 66.6 Å². The number of hydrogen-bond donors (Lipinski definition) is 1. The molecule has 6 nitrogen and oxygen atoms in total. The number of hydrogen-bond acceptors (Lipinski definition) is 4. The van der Waals surface area contributed by atoms with Crippen molar-refractivity contribution < 1.29 is 9.53 Å². The lowest BCUT2D eigenvalue weighted by Crippen LogP contribution is -2.25. The second-order valence-corrected chi connectivity index (χ2v) is 8.44. The summed E-state index contributed by atoms with van der Waals surface area (Å²) in [4.78, 5) is 17.5. The van der Waals surface area contributed by atoms with E-state index in [0.717, 1.165) is 39.5 Å². The lowest BCUT2D eigenvalue weighted by atomic mass is 10.1. The zero-order chi connectivity index (χ0) is 23.2. The Morgan fingerprint density at radius 2 is 1.82 bits per heavy atom. The van der Waals surface area contributed by atoms with Crippen molar-refractivity contribution in [3.63, 3.8) is 0 Å². The fourth-order valence-electron chi connectivity index (χ4n) is 3.46. The molecule has 0 fully saturated rings.